The van der Waals surface area contributed by atoms with E-state index in [-0.39, 0.29) is 12.0 Å². The smallest absolute Gasteiger partial charge is 0.407 e. The Labute approximate surface area is 147 Å². The number of nitrogens with zero attached hydrogens (tertiary/aromatic N) is 1. The topological polar surface area (TPSA) is 79.9 Å². The lowest BCUT2D eigenvalue weighted by atomic mass is 9.93. The molecule has 2 heterocycles. The van der Waals surface area contributed by atoms with Crippen LogP contribution in [0.2, 0.25) is 0 Å². The quantitative estimate of drug-likeness (QED) is 0.800. The monoisotopic (exact) mass is 347 g/mol. The molecule has 0 bridgehead atoms. The first-order valence-corrected chi connectivity index (χ1v) is 8.67. The van der Waals surface area contributed by atoms with E-state index in [1.165, 1.54) is 0 Å². The second-order valence-electron chi connectivity index (χ2n) is 6.69. The lowest BCUT2D eigenvalue weighted by Crippen LogP contribution is -2.52. The van der Waals surface area contributed by atoms with Gasteiger partial charge in [0.1, 0.15) is 11.4 Å². The molecule has 2 saturated heterocycles. The fraction of sp³-hybridized carbons (Fsp3) is 0.556. The summed E-state index contributed by atoms with van der Waals surface area (Å²) in [5, 5.41) is 5.68. The third-order valence-electron chi connectivity index (χ3n) is 4.74. The van der Waals surface area contributed by atoms with Crippen molar-refractivity contribution < 1.29 is 19.1 Å². The highest BCUT2D eigenvalue weighted by Gasteiger charge is 2.43. The Morgan fingerprint density at radius 1 is 1.40 bits per heavy atom. The zero-order chi connectivity index (χ0) is 17.7. The number of methoxy groups -OCH3 is 1. The number of nitrogens with one attached hydrogen (secondary N) is 2. The summed E-state index contributed by atoms with van der Waals surface area (Å²) < 4.78 is 10.6. The molecule has 2 fully saturated rings. The lowest BCUT2D eigenvalue weighted by molar-refractivity contribution is -0.123. The molecule has 7 nitrogen and oxygen atoms in total. The van der Waals surface area contributed by atoms with Crippen LogP contribution in [-0.2, 0) is 16.0 Å². The van der Waals surface area contributed by atoms with Crippen molar-refractivity contribution in [2.45, 2.75) is 24.9 Å². The molecule has 1 atom stereocenters. The largest absolute Gasteiger partial charge is 0.497 e. The Bertz CT molecular complexity index is 619. The Kier molecular flexibility index (Phi) is 5.43. The van der Waals surface area contributed by atoms with Gasteiger partial charge in [0.15, 0.2) is 0 Å². The Balaban J connectivity index is 1.40. The second-order valence-corrected chi connectivity index (χ2v) is 6.69. The molecule has 0 aliphatic carbocycles. The van der Waals surface area contributed by atoms with Gasteiger partial charge in [-0.2, -0.15) is 0 Å². The molecule has 2 aliphatic heterocycles. The molecule has 1 spiro atoms. The maximum Gasteiger partial charge on any atom is 0.407 e. The molecule has 0 unspecified atom stereocenters. The van der Waals surface area contributed by atoms with Crippen LogP contribution in [0.3, 0.4) is 0 Å². The van der Waals surface area contributed by atoms with Gasteiger partial charge < -0.3 is 20.1 Å². The number of likely N-dealkylation sites (tertiary alicyclic amines) is 1. The highest BCUT2D eigenvalue weighted by molar-refractivity contribution is 5.78. The average Bonchev–Trinajstić information content (AvgIpc) is 2.95. The van der Waals surface area contributed by atoms with Crippen LogP contribution in [0.15, 0.2) is 24.3 Å². The third kappa shape index (κ3) is 4.63. The van der Waals surface area contributed by atoms with Crippen LogP contribution in [0.1, 0.15) is 18.4 Å². The van der Waals surface area contributed by atoms with Crippen molar-refractivity contribution in [3.8, 4) is 5.75 Å². The Morgan fingerprint density at radius 3 is 2.88 bits per heavy atom. The van der Waals surface area contributed by atoms with Gasteiger partial charge in [-0.3, -0.25) is 9.69 Å². The summed E-state index contributed by atoms with van der Waals surface area (Å²) in [6.07, 6.45) is 2.20. The molecule has 3 rings (SSSR count). The van der Waals surface area contributed by atoms with E-state index in [9.17, 15) is 9.59 Å². The number of carbonyl (C=O) groups is 2. The van der Waals surface area contributed by atoms with E-state index in [1.54, 1.807) is 7.11 Å². The molecular formula is C18H25N3O4. The van der Waals surface area contributed by atoms with Gasteiger partial charge >= 0.3 is 6.09 Å². The summed E-state index contributed by atoms with van der Waals surface area (Å²) >= 11 is 0. The van der Waals surface area contributed by atoms with Crippen LogP contribution in [0.25, 0.3) is 0 Å². The van der Waals surface area contributed by atoms with Crippen molar-refractivity contribution in [2.75, 3.05) is 39.8 Å². The zero-order valence-electron chi connectivity index (χ0n) is 14.5. The lowest BCUT2D eigenvalue weighted by Gasteiger charge is -2.37. The maximum absolute atomic E-state index is 12.2. The van der Waals surface area contributed by atoms with E-state index >= 15 is 0 Å². The number of hydrogen-bond donors (Lipinski definition) is 2. The van der Waals surface area contributed by atoms with Crippen molar-refractivity contribution in [3.05, 3.63) is 29.8 Å². The van der Waals surface area contributed by atoms with Crippen LogP contribution in [0, 0.1) is 0 Å². The number of alkyl carbamates (subject to hydrolysis) is 1. The number of piperidine rings is 1. The van der Waals surface area contributed by atoms with Gasteiger partial charge in [-0.15, -0.1) is 0 Å². The van der Waals surface area contributed by atoms with Gasteiger partial charge in [-0.25, -0.2) is 4.79 Å². The first-order chi connectivity index (χ1) is 12.1. The molecule has 1 aromatic rings. The van der Waals surface area contributed by atoms with Gasteiger partial charge in [0, 0.05) is 13.1 Å². The van der Waals surface area contributed by atoms with Gasteiger partial charge in [0.2, 0.25) is 5.91 Å². The number of ether oxygens (including phenoxy) is 2. The number of carbonyl (C=O) groups excluding carboxylic acids is 2. The minimum Gasteiger partial charge on any atom is -0.497 e. The number of rotatable bonds is 6. The fourth-order valence-electron chi connectivity index (χ4n) is 3.45. The zero-order valence-corrected chi connectivity index (χ0v) is 14.5. The van der Waals surface area contributed by atoms with E-state index in [2.05, 4.69) is 15.5 Å². The summed E-state index contributed by atoms with van der Waals surface area (Å²) in [4.78, 5) is 25.6. The van der Waals surface area contributed by atoms with E-state index in [0.29, 0.717) is 26.2 Å². The number of hydrogen-bond acceptors (Lipinski definition) is 5. The minimum atomic E-state index is -0.460. The van der Waals surface area contributed by atoms with Crippen molar-refractivity contribution in [1.29, 1.82) is 0 Å². The number of benzene rings is 1. The third-order valence-corrected chi connectivity index (χ3v) is 4.74. The Hall–Kier alpha value is -2.28. The molecule has 2 amide bonds. The van der Waals surface area contributed by atoms with E-state index in [4.69, 9.17) is 9.47 Å². The molecule has 0 saturated carbocycles. The van der Waals surface area contributed by atoms with E-state index in [0.717, 1.165) is 37.1 Å². The fourth-order valence-corrected chi connectivity index (χ4v) is 3.45. The molecule has 0 aromatic heterocycles. The van der Waals surface area contributed by atoms with Crippen molar-refractivity contribution in [3.63, 3.8) is 0 Å². The normalized spacial score (nSPS) is 23.2. The summed E-state index contributed by atoms with van der Waals surface area (Å²) in [5.74, 6) is 0.830. The van der Waals surface area contributed by atoms with Crippen LogP contribution in [0.5, 0.6) is 5.75 Å². The summed E-state index contributed by atoms with van der Waals surface area (Å²) in [6.45, 7) is 2.92. The van der Waals surface area contributed by atoms with Crippen LogP contribution >= 0.6 is 0 Å². The van der Waals surface area contributed by atoms with Gasteiger partial charge in [-0.1, -0.05) is 12.1 Å². The predicted molar refractivity (Wildman–Crippen MR) is 92.6 cm³/mol. The first-order valence-electron chi connectivity index (χ1n) is 8.67. The first kappa shape index (κ1) is 17.5. The van der Waals surface area contributed by atoms with Crippen LogP contribution in [-0.4, -0.2) is 62.3 Å². The highest BCUT2D eigenvalue weighted by Crippen LogP contribution is 2.27. The summed E-state index contributed by atoms with van der Waals surface area (Å²) in [6, 6.07) is 7.84. The SMILES string of the molecule is COc1ccc(CCNC(=O)CN2CCC[C@@]3(CNC(=O)O3)C2)cc1. The molecule has 1 aromatic carbocycles. The number of amides is 2. The minimum absolute atomic E-state index is 0.00263. The molecule has 0 radical (unpaired) electrons. The average molecular weight is 347 g/mol. The molecule has 7 heteroatoms. The van der Waals surface area contributed by atoms with Crippen molar-refractivity contribution >= 4 is 12.0 Å². The summed E-state index contributed by atoms with van der Waals surface area (Å²) in [5.41, 5.74) is 0.695. The Morgan fingerprint density at radius 2 is 2.20 bits per heavy atom. The van der Waals surface area contributed by atoms with E-state index in [1.807, 2.05) is 24.3 Å². The molecule has 2 N–H and O–H groups in total. The summed E-state index contributed by atoms with van der Waals surface area (Å²) in [7, 11) is 1.64. The molecule has 25 heavy (non-hydrogen) atoms. The molecule has 136 valence electrons. The molecule has 2 aliphatic rings. The highest BCUT2D eigenvalue weighted by atomic mass is 16.6. The van der Waals surface area contributed by atoms with Crippen LogP contribution < -0.4 is 15.4 Å². The standard InChI is InChI=1S/C18H25N3O4/c1-24-15-5-3-14(4-6-15)7-9-19-16(22)11-21-10-2-8-18(13-21)12-20-17(23)25-18/h3-6H,2,7-13H2,1H3,(H,19,22)(H,20,23)/t18-/m1/s1. The van der Waals surface area contributed by atoms with Crippen LogP contribution in [0.4, 0.5) is 4.79 Å². The maximum atomic E-state index is 12.2. The second kappa shape index (κ2) is 7.74. The van der Waals surface area contributed by atoms with Crippen molar-refractivity contribution in [2.24, 2.45) is 0 Å². The van der Waals surface area contributed by atoms with Gasteiger partial charge in [-0.05, 0) is 43.5 Å². The molecular weight excluding hydrogens is 322 g/mol. The van der Waals surface area contributed by atoms with Gasteiger partial charge in [0.05, 0.1) is 20.2 Å². The van der Waals surface area contributed by atoms with E-state index < -0.39 is 5.60 Å². The van der Waals surface area contributed by atoms with Crippen molar-refractivity contribution in [1.82, 2.24) is 15.5 Å². The predicted octanol–water partition coefficient (Wildman–Crippen LogP) is 0.928. The van der Waals surface area contributed by atoms with Gasteiger partial charge in [0.25, 0.3) is 0 Å².